The molecule has 0 N–H and O–H groups in total. The second-order valence-electron chi connectivity index (χ2n) is 5.30. The van der Waals surface area contributed by atoms with Crippen molar-refractivity contribution < 1.29 is 13.9 Å². The summed E-state index contributed by atoms with van der Waals surface area (Å²) >= 11 is 0. The van der Waals surface area contributed by atoms with E-state index >= 15 is 0 Å². The zero-order valence-corrected chi connectivity index (χ0v) is 12.3. The Morgan fingerprint density at radius 3 is 2.68 bits per heavy atom. The SMILES string of the molecule is COc1ccc(C(=O)N2CCCC2c2ccc(F)cc2)cn1. The predicted octanol–water partition coefficient (Wildman–Crippen LogP) is 3.21. The highest BCUT2D eigenvalue weighted by atomic mass is 19.1. The smallest absolute Gasteiger partial charge is 0.255 e. The summed E-state index contributed by atoms with van der Waals surface area (Å²) in [4.78, 5) is 18.6. The topological polar surface area (TPSA) is 42.4 Å². The fourth-order valence-corrected chi connectivity index (χ4v) is 2.83. The summed E-state index contributed by atoms with van der Waals surface area (Å²) in [5.41, 5.74) is 1.50. The van der Waals surface area contributed by atoms with E-state index in [1.807, 2.05) is 4.90 Å². The van der Waals surface area contributed by atoms with Gasteiger partial charge in [-0.2, -0.15) is 0 Å². The number of benzene rings is 1. The zero-order valence-electron chi connectivity index (χ0n) is 12.3. The van der Waals surface area contributed by atoms with Crippen LogP contribution in [0.25, 0.3) is 0 Å². The number of carbonyl (C=O) groups excluding carboxylic acids is 1. The molecule has 1 aromatic carbocycles. The van der Waals surface area contributed by atoms with Crippen LogP contribution >= 0.6 is 0 Å². The molecule has 22 heavy (non-hydrogen) atoms. The van der Waals surface area contributed by atoms with Crippen molar-refractivity contribution in [2.45, 2.75) is 18.9 Å². The first-order valence-corrected chi connectivity index (χ1v) is 7.25. The summed E-state index contributed by atoms with van der Waals surface area (Å²) in [5, 5.41) is 0. The van der Waals surface area contributed by atoms with E-state index in [9.17, 15) is 9.18 Å². The largest absolute Gasteiger partial charge is 0.481 e. The van der Waals surface area contributed by atoms with Gasteiger partial charge in [0.15, 0.2) is 0 Å². The molecule has 0 saturated carbocycles. The van der Waals surface area contributed by atoms with Crippen molar-refractivity contribution in [1.29, 1.82) is 0 Å². The third kappa shape index (κ3) is 2.79. The Morgan fingerprint density at radius 1 is 1.27 bits per heavy atom. The molecule has 4 nitrogen and oxygen atoms in total. The summed E-state index contributed by atoms with van der Waals surface area (Å²) in [6, 6.07) is 9.76. The van der Waals surface area contributed by atoms with Gasteiger partial charge < -0.3 is 9.64 Å². The second-order valence-corrected chi connectivity index (χ2v) is 5.30. The van der Waals surface area contributed by atoms with Gasteiger partial charge in [0.25, 0.3) is 5.91 Å². The number of methoxy groups -OCH3 is 1. The van der Waals surface area contributed by atoms with Crippen LogP contribution < -0.4 is 4.74 Å². The Kier molecular flexibility index (Phi) is 4.04. The van der Waals surface area contributed by atoms with Crippen LogP contribution in [-0.4, -0.2) is 29.4 Å². The van der Waals surface area contributed by atoms with Gasteiger partial charge in [-0.1, -0.05) is 12.1 Å². The molecule has 0 radical (unpaired) electrons. The number of ether oxygens (including phenoxy) is 1. The monoisotopic (exact) mass is 300 g/mol. The zero-order chi connectivity index (χ0) is 15.5. The maximum atomic E-state index is 13.1. The van der Waals surface area contributed by atoms with Crippen LogP contribution in [-0.2, 0) is 0 Å². The highest BCUT2D eigenvalue weighted by Gasteiger charge is 2.30. The molecule has 1 unspecified atom stereocenters. The second kappa shape index (κ2) is 6.13. The highest BCUT2D eigenvalue weighted by Crippen LogP contribution is 2.33. The minimum Gasteiger partial charge on any atom is -0.481 e. The van der Waals surface area contributed by atoms with E-state index in [0.717, 1.165) is 18.4 Å². The Balaban J connectivity index is 1.82. The van der Waals surface area contributed by atoms with Gasteiger partial charge in [-0.25, -0.2) is 9.37 Å². The molecular formula is C17H17FN2O2. The van der Waals surface area contributed by atoms with Crippen molar-refractivity contribution >= 4 is 5.91 Å². The van der Waals surface area contributed by atoms with Crippen LogP contribution in [0, 0.1) is 5.82 Å². The number of halogens is 1. The number of pyridine rings is 1. The molecular weight excluding hydrogens is 283 g/mol. The molecule has 114 valence electrons. The first kappa shape index (κ1) is 14.5. The van der Waals surface area contributed by atoms with Crippen molar-refractivity contribution in [3.63, 3.8) is 0 Å². The van der Waals surface area contributed by atoms with Crippen LogP contribution in [0.2, 0.25) is 0 Å². The quantitative estimate of drug-likeness (QED) is 0.874. The Morgan fingerprint density at radius 2 is 2.05 bits per heavy atom. The van der Waals surface area contributed by atoms with E-state index in [2.05, 4.69) is 4.98 Å². The summed E-state index contributed by atoms with van der Waals surface area (Å²) in [7, 11) is 1.54. The van der Waals surface area contributed by atoms with Crippen molar-refractivity contribution in [1.82, 2.24) is 9.88 Å². The molecule has 1 fully saturated rings. The molecule has 3 rings (SSSR count). The fraction of sp³-hybridized carbons (Fsp3) is 0.294. The molecule has 2 aromatic rings. The van der Waals surface area contributed by atoms with E-state index in [1.165, 1.54) is 25.4 Å². The van der Waals surface area contributed by atoms with E-state index in [0.29, 0.717) is 18.0 Å². The van der Waals surface area contributed by atoms with Crippen molar-refractivity contribution in [3.8, 4) is 5.88 Å². The van der Waals surface area contributed by atoms with Crippen LogP contribution in [0.1, 0.15) is 34.8 Å². The summed E-state index contributed by atoms with van der Waals surface area (Å²) in [6.45, 7) is 0.701. The lowest BCUT2D eigenvalue weighted by Crippen LogP contribution is -2.30. The molecule has 1 aliphatic rings. The number of rotatable bonds is 3. The number of hydrogen-bond acceptors (Lipinski definition) is 3. The Bertz CT molecular complexity index is 655. The number of carbonyl (C=O) groups is 1. The summed E-state index contributed by atoms with van der Waals surface area (Å²) in [5.74, 6) is 0.161. The molecule has 2 heterocycles. The fourth-order valence-electron chi connectivity index (χ4n) is 2.83. The molecule has 0 aliphatic carbocycles. The van der Waals surface area contributed by atoms with Crippen LogP contribution in [0.5, 0.6) is 5.88 Å². The lowest BCUT2D eigenvalue weighted by molar-refractivity contribution is 0.0735. The predicted molar refractivity (Wildman–Crippen MR) is 80.2 cm³/mol. The average molecular weight is 300 g/mol. The molecule has 0 spiro atoms. The number of hydrogen-bond donors (Lipinski definition) is 0. The molecule has 1 amide bonds. The lowest BCUT2D eigenvalue weighted by atomic mass is 10.0. The van der Waals surface area contributed by atoms with E-state index in [-0.39, 0.29) is 17.8 Å². The molecule has 5 heteroatoms. The van der Waals surface area contributed by atoms with Gasteiger partial charge in [0.2, 0.25) is 5.88 Å². The van der Waals surface area contributed by atoms with Crippen LogP contribution in [0.3, 0.4) is 0 Å². The minimum atomic E-state index is -0.265. The van der Waals surface area contributed by atoms with Gasteiger partial charge >= 0.3 is 0 Å². The Labute approximate surface area is 128 Å². The summed E-state index contributed by atoms with van der Waals surface area (Å²) in [6.07, 6.45) is 3.36. The molecule has 1 saturated heterocycles. The number of nitrogens with zero attached hydrogens (tertiary/aromatic N) is 2. The average Bonchev–Trinajstić information content (AvgIpc) is 3.04. The van der Waals surface area contributed by atoms with Gasteiger partial charge in [-0.15, -0.1) is 0 Å². The van der Waals surface area contributed by atoms with E-state index in [4.69, 9.17) is 4.74 Å². The van der Waals surface area contributed by atoms with Crippen molar-refractivity contribution in [2.75, 3.05) is 13.7 Å². The summed E-state index contributed by atoms with van der Waals surface area (Å²) < 4.78 is 18.1. The van der Waals surface area contributed by atoms with Crippen molar-refractivity contribution in [2.24, 2.45) is 0 Å². The molecule has 1 aromatic heterocycles. The molecule has 1 atom stereocenters. The maximum Gasteiger partial charge on any atom is 0.255 e. The van der Waals surface area contributed by atoms with Gasteiger partial charge in [0.1, 0.15) is 5.82 Å². The third-order valence-electron chi connectivity index (χ3n) is 3.96. The van der Waals surface area contributed by atoms with Gasteiger partial charge in [-0.05, 0) is 36.6 Å². The lowest BCUT2D eigenvalue weighted by Gasteiger charge is -2.25. The van der Waals surface area contributed by atoms with Crippen LogP contribution in [0.4, 0.5) is 4.39 Å². The number of amides is 1. The normalized spacial score (nSPS) is 17.5. The van der Waals surface area contributed by atoms with Crippen LogP contribution in [0.15, 0.2) is 42.6 Å². The molecule has 0 bridgehead atoms. The van der Waals surface area contributed by atoms with E-state index in [1.54, 1.807) is 24.3 Å². The molecule has 1 aliphatic heterocycles. The maximum absolute atomic E-state index is 13.1. The number of aromatic nitrogens is 1. The Hall–Kier alpha value is -2.43. The first-order valence-electron chi connectivity index (χ1n) is 7.25. The van der Waals surface area contributed by atoms with Gasteiger partial charge in [0, 0.05) is 18.8 Å². The number of likely N-dealkylation sites (tertiary alicyclic amines) is 1. The highest BCUT2D eigenvalue weighted by molar-refractivity contribution is 5.94. The minimum absolute atomic E-state index is 0.00444. The standard InChI is InChI=1S/C17H17FN2O2/c1-22-16-9-6-13(11-19-16)17(21)20-10-2-3-15(20)12-4-7-14(18)8-5-12/h4-9,11,15H,2-3,10H2,1H3. The van der Waals surface area contributed by atoms with E-state index < -0.39 is 0 Å². The van der Waals surface area contributed by atoms with Gasteiger partial charge in [-0.3, -0.25) is 4.79 Å². The van der Waals surface area contributed by atoms with Crippen molar-refractivity contribution in [3.05, 3.63) is 59.5 Å². The third-order valence-corrected chi connectivity index (χ3v) is 3.96. The first-order chi connectivity index (χ1) is 10.7. The van der Waals surface area contributed by atoms with Gasteiger partial charge in [0.05, 0.1) is 18.7 Å².